The number of quaternary nitrogens is 1. The van der Waals surface area contributed by atoms with Crippen molar-refractivity contribution < 1.29 is 14.5 Å². The quantitative estimate of drug-likeness (QED) is 0.741. The lowest BCUT2D eigenvalue weighted by atomic mass is 9.64. The standard InChI is InChI=1S/C16H26N2O2/c1-14(2)15(3)5-6-16(14,11-12(15)19)13(20)18-9-7-17(4)8-10-18/h5-11H2,1-4H3/p+1/t15-,16+/m1/s1. The monoisotopic (exact) mass is 279 g/mol. The van der Waals surface area contributed by atoms with Crippen molar-refractivity contribution in [3.05, 3.63) is 0 Å². The van der Waals surface area contributed by atoms with Gasteiger partial charge in [0.1, 0.15) is 5.78 Å². The van der Waals surface area contributed by atoms with Crippen molar-refractivity contribution in [3.63, 3.8) is 0 Å². The van der Waals surface area contributed by atoms with Crippen molar-refractivity contribution in [1.82, 2.24) is 4.90 Å². The number of rotatable bonds is 1. The highest BCUT2D eigenvalue weighted by Gasteiger charge is 2.73. The highest BCUT2D eigenvalue weighted by atomic mass is 16.2. The van der Waals surface area contributed by atoms with Crippen molar-refractivity contribution in [2.45, 2.75) is 40.0 Å². The van der Waals surface area contributed by atoms with Gasteiger partial charge in [0.15, 0.2) is 0 Å². The molecule has 1 saturated heterocycles. The SMILES string of the molecule is C[NH+]1CCN(C(=O)[C@]23CC[C@](C)(C(=O)C2)C3(C)C)CC1. The molecule has 3 fully saturated rings. The summed E-state index contributed by atoms with van der Waals surface area (Å²) in [6.45, 7) is 10.1. The van der Waals surface area contributed by atoms with Crippen LogP contribution >= 0.6 is 0 Å². The summed E-state index contributed by atoms with van der Waals surface area (Å²) < 4.78 is 0. The van der Waals surface area contributed by atoms with E-state index in [-0.39, 0.29) is 16.7 Å². The van der Waals surface area contributed by atoms with Crippen LogP contribution in [0.15, 0.2) is 0 Å². The van der Waals surface area contributed by atoms with Gasteiger partial charge in [0, 0.05) is 11.8 Å². The van der Waals surface area contributed by atoms with Crippen LogP contribution in [0.1, 0.15) is 40.0 Å². The Morgan fingerprint density at radius 3 is 2.20 bits per heavy atom. The van der Waals surface area contributed by atoms with Crippen LogP contribution in [0.25, 0.3) is 0 Å². The van der Waals surface area contributed by atoms with Crippen LogP contribution in [0.3, 0.4) is 0 Å². The van der Waals surface area contributed by atoms with E-state index in [1.54, 1.807) is 0 Å². The smallest absolute Gasteiger partial charge is 0.230 e. The average Bonchev–Trinajstić information content (AvgIpc) is 2.69. The molecular formula is C16H27N2O2+. The number of nitrogens with one attached hydrogen (secondary N) is 1. The van der Waals surface area contributed by atoms with Gasteiger partial charge in [-0.3, -0.25) is 9.59 Å². The Hall–Kier alpha value is -0.900. The number of likely N-dealkylation sites (N-methyl/N-ethyl adjacent to an activating group) is 1. The fourth-order valence-electron chi connectivity index (χ4n) is 4.73. The van der Waals surface area contributed by atoms with Crippen LogP contribution in [-0.4, -0.2) is 49.8 Å². The molecule has 3 aliphatic rings. The minimum atomic E-state index is -0.427. The van der Waals surface area contributed by atoms with Gasteiger partial charge in [-0.1, -0.05) is 20.8 Å². The number of nitrogens with zero attached hydrogens (tertiary/aromatic N) is 1. The maximum Gasteiger partial charge on any atom is 0.230 e. The van der Waals surface area contributed by atoms with E-state index in [4.69, 9.17) is 0 Å². The molecule has 1 heterocycles. The first-order valence-corrected chi connectivity index (χ1v) is 7.89. The average molecular weight is 279 g/mol. The number of ketones is 1. The third kappa shape index (κ3) is 1.46. The van der Waals surface area contributed by atoms with Gasteiger partial charge >= 0.3 is 0 Å². The van der Waals surface area contributed by atoms with Gasteiger partial charge in [0.05, 0.1) is 38.6 Å². The lowest BCUT2D eigenvalue weighted by molar-refractivity contribution is -0.883. The van der Waals surface area contributed by atoms with Gasteiger partial charge < -0.3 is 9.80 Å². The Morgan fingerprint density at radius 1 is 1.15 bits per heavy atom. The lowest BCUT2D eigenvalue weighted by Gasteiger charge is -2.42. The van der Waals surface area contributed by atoms with Crippen LogP contribution < -0.4 is 4.90 Å². The first-order valence-electron chi connectivity index (χ1n) is 7.89. The maximum absolute atomic E-state index is 13.2. The first-order chi connectivity index (χ1) is 9.24. The molecule has 0 aromatic rings. The second kappa shape index (κ2) is 4.06. The highest BCUT2D eigenvalue weighted by Crippen LogP contribution is 2.70. The van der Waals surface area contributed by atoms with Crippen molar-refractivity contribution >= 4 is 11.7 Å². The van der Waals surface area contributed by atoms with Crippen LogP contribution in [0.5, 0.6) is 0 Å². The molecule has 1 N–H and O–H groups in total. The van der Waals surface area contributed by atoms with Gasteiger partial charge in [-0.15, -0.1) is 0 Å². The summed E-state index contributed by atoms with van der Waals surface area (Å²) in [4.78, 5) is 29.1. The number of fused-ring (bicyclic) bond motifs is 2. The molecule has 3 rings (SSSR count). The molecule has 1 amide bonds. The number of hydrogen-bond donors (Lipinski definition) is 1. The van der Waals surface area contributed by atoms with E-state index < -0.39 is 5.41 Å². The molecule has 2 bridgehead atoms. The second-order valence-corrected chi connectivity index (χ2v) is 7.89. The Morgan fingerprint density at radius 2 is 1.75 bits per heavy atom. The number of amides is 1. The highest BCUT2D eigenvalue weighted by molar-refractivity contribution is 5.99. The summed E-state index contributed by atoms with van der Waals surface area (Å²) in [5.41, 5.74) is -0.922. The Bertz CT molecular complexity index is 465. The molecule has 1 aliphatic heterocycles. The minimum Gasteiger partial charge on any atom is -0.334 e. The topological polar surface area (TPSA) is 41.8 Å². The van der Waals surface area contributed by atoms with Crippen LogP contribution in [-0.2, 0) is 9.59 Å². The molecule has 2 aliphatic carbocycles. The molecule has 4 nitrogen and oxygen atoms in total. The number of carbonyl (C=O) groups is 2. The number of piperazine rings is 1. The largest absolute Gasteiger partial charge is 0.334 e. The molecule has 20 heavy (non-hydrogen) atoms. The molecule has 0 aromatic heterocycles. The zero-order valence-corrected chi connectivity index (χ0v) is 13.2. The van der Waals surface area contributed by atoms with E-state index >= 15 is 0 Å². The molecule has 0 aromatic carbocycles. The summed E-state index contributed by atoms with van der Waals surface area (Å²) in [7, 11) is 2.18. The second-order valence-electron chi connectivity index (χ2n) is 7.89. The maximum atomic E-state index is 13.2. The molecule has 0 radical (unpaired) electrons. The Labute approximate surface area is 121 Å². The third-order valence-corrected chi connectivity index (χ3v) is 7.02. The Balaban J connectivity index is 1.90. The number of carbonyl (C=O) groups excluding carboxylic acids is 2. The summed E-state index contributed by atoms with van der Waals surface area (Å²) in [6.07, 6.45) is 2.23. The first kappa shape index (κ1) is 14.1. The molecule has 4 heteroatoms. The molecule has 2 atom stereocenters. The molecular weight excluding hydrogens is 252 g/mol. The van der Waals surface area contributed by atoms with E-state index in [0.29, 0.717) is 12.2 Å². The van der Waals surface area contributed by atoms with E-state index in [1.807, 2.05) is 4.90 Å². The Kier molecular flexibility index (Phi) is 2.85. The number of Topliss-reactive ketones (excluding diaryl/α,β-unsaturated/α-hetero) is 1. The van der Waals surface area contributed by atoms with E-state index in [0.717, 1.165) is 39.0 Å². The minimum absolute atomic E-state index is 0.204. The van der Waals surface area contributed by atoms with Crippen molar-refractivity contribution in [1.29, 1.82) is 0 Å². The summed E-state index contributed by atoms with van der Waals surface area (Å²) in [5, 5.41) is 0. The normalized spacial score (nSPS) is 40.4. The predicted octanol–water partition coefficient (Wildman–Crippen LogP) is 0.129. The zero-order valence-electron chi connectivity index (χ0n) is 13.2. The lowest BCUT2D eigenvalue weighted by Crippen LogP contribution is -3.12. The van der Waals surface area contributed by atoms with E-state index in [1.165, 1.54) is 4.90 Å². The van der Waals surface area contributed by atoms with E-state index in [2.05, 4.69) is 27.8 Å². The third-order valence-electron chi connectivity index (χ3n) is 7.02. The van der Waals surface area contributed by atoms with Gasteiger partial charge in [0.25, 0.3) is 0 Å². The van der Waals surface area contributed by atoms with E-state index in [9.17, 15) is 9.59 Å². The van der Waals surface area contributed by atoms with Gasteiger partial charge in [-0.2, -0.15) is 0 Å². The fourth-order valence-corrected chi connectivity index (χ4v) is 4.73. The summed E-state index contributed by atoms with van der Waals surface area (Å²) in [5.74, 6) is 0.562. The van der Waals surface area contributed by atoms with Gasteiger partial charge in [-0.25, -0.2) is 0 Å². The van der Waals surface area contributed by atoms with Gasteiger partial charge in [0.2, 0.25) is 5.91 Å². The van der Waals surface area contributed by atoms with Crippen molar-refractivity contribution in [2.75, 3.05) is 33.2 Å². The van der Waals surface area contributed by atoms with Crippen LogP contribution in [0.4, 0.5) is 0 Å². The van der Waals surface area contributed by atoms with Crippen molar-refractivity contribution in [2.24, 2.45) is 16.2 Å². The van der Waals surface area contributed by atoms with Gasteiger partial charge in [-0.05, 0) is 18.3 Å². The zero-order chi connectivity index (χ0) is 14.8. The summed E-state index contributed by atoms with van der Waals surface area (Å²) >= 11 is 0. The number of hydrogen-bond acceptors (Lipinski definition) is 2. The fraction of sp³-hybridized carbons (Fsp3) is 0.875. The van der Waals surface area contributed by atoms with Crippen molar-refractivity contribution in [3.8, 4) is 0 Å². The molecule has 0 unspecified atom stereocenters. The molecule has 2 saturated carbocycles. The molecule has 0 spiro atoms. The predicted molar refractivity (Wildman–Crippen MR) is 76.4 cm³/mol. The van der Waals surface area contributed by atoms with Crippen LogP contribution in [0.2, 0.25) is 0 Å². The van der Waals surface area contributed by atoms with Crippen LogP contribution in [0, 0.1) is 16.2 Å². The summed E-state index contributed by atoms with van der Waals surface area (Å²) in [6, 6.07) is 0. The molecule has 112 valence electrons.